The smallest absolute Gasteiger partial charge is 0.231 e. The molecule has 1 aliphatic carbocycles. The van der Waals surface area contributed by atoms with Gasteiger partial charge < -0.3 is 9.72 Å². The molecular formula is C17H12FN5O. The number of nitrogens with one attached hydrogen (secondary N) is 1. The largest absolute Gasteiger partial charge is 0.309 e. The van der Waals surface area contributed by atoms with E-state index in [-0.39, 0.29) is 12.3 Å². The van der Waals surface area contributed by atoms with Crippen LogP contribution in [0.1, 0.15) is 12.0 Å². The van der Waals surface area contributed by atoms with Crippen molar-refractivity contribution >= 4 is 17.4 Å². The average Bonchev–Trinajstić information content (AvgIpc) is 3.20. The molecule has 3 aromatic rings. The average molecular weight is 321 g/mol. The minimum atomic E-state index is -1.04. The highest BCUT2D eigenvalue weighted by molar-refractivity contribution is 5.94. The minimum absolute atomic E-state index is 0.279. The monoisotopic (exact) mass is 321 g/mol. The zero-order chi connectivity index (χ0) is 16.7. The number of nitriles is 1. The van der Waals surface area contributed by atoms with Crippen molar-refractivity contribution in [2.75, 3.05) is 5.32 Å². The lowest BCUT2D eigenvalue weighted by Gasteiger charge is -2.03. The molecule has 0 unspecified atom stereocenters. The number of hydrogen-bond donors (Lipinski definition) is 1. The summed E-state index contributed by atoms with van der Waals surface area (Å²) >= 11 is 0. The highest BCUT2D eigenvalue weighted by Crippen LogP contribution is 2.34. The molecule has 1 aliphatic rings. The van der Waals surface area contributed by atoms with Crippen molar-refractivity contribution in [3.8, 4) is 17.2 Å². The molecule has 24 heavy (non-hydrogen) atoms. The first kappa shape index (κ1) is 14.3. The third kappa shape index (κ3) is 2.48. The van der Waals surface area contributed by atoms with Crippen LogP contribution in [0.15, 0.2) is 43.0 Å². The molecule has 1 fully saturated rings. The van der Waals surface area contributed by atoms with Crippen LogP contribution in [-0.2, 0) is 4.79 Å². The number of carbonyl (C=O) groups excluding carboxylic acids is 1. The summed E-state index contributed by atoms with van der Waals surface area (Å²) in [5.74, 6) is -0.521. The number of rotatable bonds is 3. The molecule has 0 saturated heterocycles. The van der Waals surface area contributed by atoms with Crippen LogP contribution < -0.4 is 5.32 Å². The first-order valence-corrected chi connectivity index (χ1v) is 7.44. The van der Waals surface area contributed by atoms with Gasteiger partial charge >= 0.3 is 0 Å². The first-order valence-electron chi connectivity index (χ1n) is 7.44. The van der Waals surface area contributed by atoms with Gasteiger partial charge in [-0.15, -0.1) is 0 Å². The van der Waals surface area contributed by atoms with E-state index in [9.17, 15) is 14.4 Å². The second-order valence-electron chi connectivity index (χ2n) is 5.69. The number of hydrogen-bond acceptors (Lipinski definition) is 4. The lowest BCUT2D eigenvalue weighted by molar-refractivity contribution is -0.117. The summed E-state index contributed by atoms with van der Waals surface area (Å²) in [6.45, 7) is 0. The van der Waals surface area contributed by atoms with Gasteiger partial charge in [-0.2, -0.15) is 5.26 Å². The molecule has 118 valence electrons. The molecule has 7 heteroatoms. The van der Waals surface area contributed by atoms with E-state index >= 15 is 0 Å². The molecule has 1 amide bonds. The van der Waals surface area contributed by atoms with Crippen molar-refractivity contribution in [1.29, 1.82) is 5.26 Å². The lowest BCUT2D eigenvalue weighted by Crippen LogP contribution is -2.15. The summed E-state index contributed by atoms with van der Waals surface area (Å²) in [7, 11) is 0. The van der Waals surface area contributed by atoms with Crippen molar-refractivity contribution in [2.45, 2.75) is 12.6 Å². The molecule has 0 bridgehead atoms. The van der Waals surface area contributed by atoms with E-state index in [0.29, 0.717) is 17.0 Å². The highest BCUT2D eigenvalue weighted by atomic mass is 19.1. The zero-order valence-electron chi connectivity index (χ0n) is 12.5. The number of alkyl halides is 1. The molecule has 2 atom stereocenters. The number of anilines is 1. The van der Waals surface area contributed by atoms with Crippen molar-refractivity contribution in [1.82, 2.24) is 14.4 Å². The molecule has 4 rings (SSSR count). The number of pyridine rings is 2. The van der Waals surface area contributed by atoms with E-state index in [0.717, 1.165) is 11.1 Å². The van der Waals surface area contributed by atoms with Crippen LogP contribution in [0.3, 0.4) is 0 Å². The number of aromatic nitrogens is 3. The fraction of sp³-hybridized carbons (Fsp3) is 0.176. The van der Waals surface area contributed by atoms with Crippen molar-refractivity contribution in [3.05, 3.63) is 48.5 Å². The summed E-state index contributed by atoms with van der Waals surface area (Å²) < 4.78 is 14.7. The Bertz CT molecular complexity index is 990. The van der Waals surface area contributed by atoms with Crippen LogP contribution in [0.25, 0.3) is 16.8 Å². The quantitative estimate of drug-likeness (QED) is 0.803. The van der Waals surface area contributed by atoms with Gasteiger partial charge in [-0.25, -0.2) is 9.37 Å². The lowest BCUT2D eigenvalue weighted by atomic mass is 10.1. The SMILES string of the molecule is N#Cc1ccncc1-c1ccc2nc(NC(=O)[C@@H]3C[C@@H]3F)cn2c1. The zero-order valence-corrected chi connectivity index (χ0v) is 12.5. The Morgan fingerprint density at radius 2 is 2.21 bits per heavy atom. The van der Waals surface area contributed by atoms with Crippen molar-refractivity contribution in [2.24, 2.45) is 5.92 Å². The molecule has 0 spiro atoms. The molecule has 0 aliphatic heterocycles. The Hall–Kier alpha value is -3.27. The first-order chi connectivity index (χ1) is 11.7. The molecule has 0 aromatic carbocycles. The van der Waals surface area contributed by atoms with Gasteiger partial charge in [0, 0.05) is 29.7 Å². The Balaban J connectivity index is 1.66. The van der Waals surface area contributed by atoms with Crippen molar-refractivity contribution < 1.29 is 9.18 Å². The summed E-state index contributed by atoms with van der Waals surface area (Å²) in [4.78, 5) is 20.1. The summed E-state index contributed by atoms with van der Waals surface area (Å²) in [5, 5.41) is 11.8. The summed E-state index contributed by atoms with van der Waals surface area (Å²) in [6, 6.07) is 7.42. The van der Waals surface area contributed by atoms with Crippen LogP contribution in [0.4, 0.5) is 10.2 Å². The van der Waals surface area contributed by atoms with Gasteiger partial charge in [-0.1, -0.05) is 0 Å². The summed E-state index contributed by atoms with van der Waals surface area (Å²) in [5.41, 5.74) is 2.71. The van der Waals surface area contributed by atoms with E-state index in [1.165, 1.54) is 0 Å². The second kappa shape index (κ2) is 5.42. The van der Waals surface area contributed by atoms with Gasteiger partial charge in [0.1, 0.15) is 11.8 Å². The third-order valence-corrected chi connectivity index (χ3v) is 4.00. The molecule has 6 nitrogen and oxygen atoms in total. The van der Waals surface area contributed by atoms with Crippen LogP contribution in [0, 0.1) is 17.2 Å². The van der Waals surface area contributed by atoms with Crippen LogP contribution in [0.2, 0.25) is 0 Å². The molecular weight excluding hydrogens is 309 g/mol. The van der Waals surface area contributed by atoms with E-state index in [1.54, 1.807) is 35.1 Å². The molecule has 1 saturated carbocycles. The van der Waals surface area contributed by atoms with Crippen LogP contribution in [-0.4, -0.2) is 26.4 Å². The topological polar surface area (TPSA) is 83.1 Å². The maximum Gasteiger partial charge on any atom is 0.231 e. The Morgan fingerprint density at radius 1 is 1.38 bits per heavy atom. The number of halogens is 1. The predicted octanol–water partition coefficient (Wildman–Crippen LogP) is 2.56. The van der Waals surface area contributed by atoms with Gasteiger partial charge in [0.2, 0.25) is 5.91 Å². The van der Waals surface area contributed by atoms with E-state index in [2.05, 4.69) is 21.4 Å². The standard InChI is InChI=1S/C17H12FN5O/c18-14-5-12(14)17(24)22-15-9-23-8-11(1-2-16(23)21-15)13-7-20-4-3-10(13)6-19/h1-4,7-9,12,14H,5H2,(H,22,24)/t12-,14+/m1/s1. The normalized spacial score (nSPS) is 19.0. The minimum Gasteiger partial charge on any atom is -0.309 e. The maximum atomic E-state index is 12.9. The van der Waals surface area contributed by atoms with Gasteiger partial charge in [-0.3, -0.25) is 9.78 Å². The maximum absolute atomic E-state index is 12.9. The number of carbonyl (C=O) groups is 1. The fourth-order valence-corrected chi connectivity index (χ4v) is 2.59. The predicted molar refractivity (Wildman–Crippen MR) is 84.8 cm³/mol. The molecule has 3 aromatic heterocycles. The number of nitrogens with zero attached hydrogens (tertiary/aromatic N) is 4. The molecule has 3 heterocycles. The van der Waals surface area contributed by atoms with E-state index < -0.39 is 12.1 Å². The Labute approximate surface area is 136 Å². The van der Waals surface area contributed by atoms with Crippen LogP contribution >= 0.6 is 0 Å². The highest BCUT2D eigenvalue weighted by Gasteiger charge is 2.43. The van der Waals surface area contributed by atoms with E-state index in [4.69, 9.17) is 0 Å². The number of imidazole rings is 1. The van der Waals surface area contributed by atoms with Crippen molar-refractivity contribution in [3.63, 3.8) is 0 Å². The number of amides is 1. The molecule has 0 radical (unpaired) electrons. The van der Waals surface area contributed by atoms with Crippen LogP contribution in [0.5, 0.6) is 0 Å². The van der Waals surface area contributed by atoms with Gasteiger partial charge in [0.05, 0.1) is 23.7 Å². The van der Waals surface area contributed by atoms with Gasteiger partial charge in [0.25, 0.3) is 0 Å². The third-order valence-electron chi connectivity index (χ3n) is 4.00. The Kier molecular flexibility index (Phi) is 3.24. The number of fused-ring (bicyclic) bond motifs is 1. The fourth-order valence-electron chi connectivity index (χ4n) is 2.59. The summed E-state index contributed by atoms with van der Waals surface area (Å²) in [6.07, 6.45) is 5.92. The van der Waals surface area contributed by atoms with Gasteiger partial charge in [0.15, 0.2) is 5.82 Å². The second-order valence-corrected chi connectivity index (χ2v) is 5.69. The Morgan fingerprint density at radius 3 is 2.96 bits per heavy atom. The molecule has 1 N–H and O–H groups in total. The van der Waals surface area contributed by atoms with Gasteiger partial charge in [-0.05, 0) is 24.6 Å². The van der Waals surface area contributed by atoms with E-state index in [1.807, 2.05) is 12.3 Å².